The van der Waals surface area contributed by atoms with E-state index in [1.54, 1.807) is 6.92 Å². The predicted molar refractivity (Wildman–Crippen MR) is 58.6 cm³/mol. The van der Waals surface area contributed by atoms with Crippen molar-refractivity contribution in [1.29, 1.82) is 0 Å². The highest BCUT2D eigenvalue weighted by Gasteiger charge is 2.44. The fraction of sp³-hybridized carbons (Fsp3) is 0.900. The predicted octanol–water partition coefficient (Wildman–Crippen LogP) is 0.125. The standard InChI is InChI=1S/C10H18O5S/c1-3-15-9(11)10(2,12)8-5-4-6-16(13,14)7-8/h8,12H,3-7H2,1-2H3. The first kappa shape index (κ1) is 13.4. The van der Waals surface area contributed by atoms with Crippen LogP contribution in [0.5, 0.6) is 0 Å². The van der Waals surface area contributed by atoms with E-state index >= 15 is 0 Å². The summed E-state index contributed by atoms with van der Waals surface area (Å²) in [4.78, 5) is 11.5. The Hall–Kier alpha value is -0.620. The summed E-state index contributed by atoms with van der Waals surface area (Å²) in [5, 5.41) is 10.0. The van der Waals surface area contributed by atoms with Gasteiger partial charge in [-0.25, -0.2) is 13.2 Å². The normalized spacial score (nSPS) is 28.1. The van der Waals surface area contributed by atoms with Crippen molar-refractivity contribution >= 4 is 15.8 Å². The first-order valence-electron chi connectivity index (χ1n) is 5.39. The van der Waals surface area contributed by atoms with Crippen molar-refractivity contribution in [1.82, 2.24) is 0 Å². The van der Waals surface area contributed by atoms with Crippen molar-refractivity contribution < 1.29 is 23.1 Å². The minimum Gasteiger partial charge on any atom is -0.464 e. The monoisotopic (exact) mass is 250 g/mol. The van der Waals surface area contributed by atoms with Crippen molar-refractivity contribution in [3.05, 3.63) is 0 Å². The van der Waals surface area contributed by atoms with E-state index in [9.17, 15) is 18.3 Å². The van der Waals surface area contributed by atoms with E-state index < -0.39 is 27.3 Å². The van der Waals surface area contributed by atoms with Gasteiger partial charge in [-0.15, -0.1) is 0 Å². The molecule has 0 amide bonds. The maximum Gasteiger partial charge on any atom is 0.338 e. The zero-order valence-corrected chi connectivity index (χ0v) is 10.4. The van der Waals surface area contributed by atoms with Gasteiger partial charge in [-0.1, -0.05) is 0 Å². The van der Waals surface area contributed by atoms with E-state index in [-0.39, 0.29) is 18.1 Å². The number of esters is 1. The Kier molecular flexibility index (Phi) is 3.96. The van der Waals surface area contributed by atoms with Crippen molar-refractivity contribution in [3.8, 4) is 0 Å². The molecule has 1 aliphatic heterocycles. The molecule has 0 bridgehead atoms. The fourth-order valence-electron chi connectivity index (χ4n) is 1.91. The summed E-state index contributed by atoms with van der Waals surface area (Å²) in [6.45, 7) is 3.15. The molecule has 2 unspecified atom stereocenters. The van der Waals surface area contributed by atoms with Crippen LogP contribution < -0.4 is 0 Å². The van der Waals surface area contributed by atoms with Gasteiger partial charge in [0.15, 0.2) is 15.4 Å². The highest BCUT2D eigenvalue weighted by molar-refractivity contribution is 7.91. The summed E-state index contributed by atoms with van der Waals surface area (Å²) in [5.41, 5.74) is -1.70. The highest BCUT2D eigenvalue weighted by atomic mass is 32.2. The number of carbonyl (C=O) groups excluding carboxylic acids is 1. The summed E-state index contributed by atoms with van der Waals surface area (Å²) in [6, 6.07) is 0. The number of rotatable bonds is 3. The summed E-state index contributed by atoms with van der Waals surface area (Å²) in [7, 11) is -3.13. The number of hydrogen-bond acceptors (Lipinski definition) is 5. The smallest absolute Gasteiger partial charge is 0.338 e. The maximum atomic E-state index is 11.5. The molecule has 0 spiro atoms. The molecule has 1 aliphatic rings. The lowest BCUT2D eigenvalue weighted by atomic mass is 9.87. The van der Waals surface area contributed by atoms with Crippen LogP contribution in [0, 0.1) is 5.92 Å². The second kappa shape index (κ2) is 4.71. The van der Waals surface area contributed by atoms with Crippen LogP contribution in [-0.4, -0.2) is 43.2 Å². The van der Waals surface area contributed by atoms with Crippen LogP contribution in [0.1, 0.15) is 26.7 Å². The molecule has 2 atom stereocenters. The third kappa shape index (κ3) is 2.95. The molecule has 0 saturated carbocycles. The topological polar surface area (TPSA) is 80.7 Å². The van der Waals surface area contributed by atoms with E-state index in [1.165, 1.54) is 6.92 Å². The molecule has 1 saturated heterocycles. The number of aliphatic hydroxyl groups is 1. The first-order valence-corrected chi connectivity index (χ1v) is 7.21. The number of sulfone groups is 1. The largest absolute Gasteiger partial charge is 0.464 e. The molecular formula is C10H18O5S. The molecule has 1 N–H and O–H groups in total. The second-order valence-corrected chi connectivity index (χ2v) is 6.55. The molecule has 1 rings (SSSR count). The highest BCUT2D eigenvalue weighted by Crippen LogP contribution is 2.29. The Morgan fingerprint density at radius 1 is 1.56 bits per heavy atom. The molecule has 94 valence electrons. The van der Waals surface area contributed by atoms with E-state index in [1.807, 2.05) is 0 Å². The second-order valence-electron chi connectivity index (χ2n) is 4.32. The Morgan fingerprint density at radius 3 is 2.69 bits per heavy atom. The Morgan fingerprint density at radius 2 is 2.19 bits per heavy atom. The van der Waals surface area contributed by atoms with Crippen LogP contribution in [0.2, 0.25) is 0 Å². The van der Waals surface area contributed by atoms with Crippen LogP contribution >= 0.6 is 0 Å². The molecular weight excluding hydrogens is 232 g/mol. The van der Waals surface area contributed by atoms with Gasteiger partial charge < -0.3 is 9.84 Å². The van der Waals surface area contributed by atoms with Crippen molar-refractivity contribution in [3.63, 3.8) is 0 Å². The number of ether oxygens (including phenoxy) is 1. The first-order chi connectivity index (χ1) is 7.29. The minimum atomic E-state index is -3.13. The summed E-state index contributed by atoms with van der Waals surface area (Å²) in [5.74, 6) is -1.30. The van der Waals surface area contributed by atoms with E-state index in [2.05, 4.69) is 0 Å². The third-order valence-corrected chi connectivity index (χ3v) is 4.77. The lowest BCUT2D eigenvalue weighted by Gasteiger charge is -2.32. The lowest BCUT2D eigenvalue weighted by Crippen LogP contribution is -2.48. The Bertz CT molecular complexity index is 357. The summed E-state index contributed by atoms with van der Waals surface area (Å²) >= 11 is 0. The van der Waals surface area contributed by atoms with Gasteiger partial charge in [-0.05, 0) is 26.7 Å². The molecule has 16 heavy (non-hydrogen) atoms. The zero-order chi connectivity index (χ0) is 12.4. The van der Waals surface area contributed by atoms with Gasteiger partial charge in [-0.3, -0.25) is 0 Å². The molecule has 1 fully saturated rings. The van der Waals surface area contributed by atoms with Gasteiger partial charge in [-0.2, -0.15) is 0 Å². The average Bonchev–Trinajstić information content (AvgIpc) is 2.16. The Labute approximate surface area is 95.7 Å². The average molecular weight is 250 g/mol. The van der Waals surface area contributed by atoms with E-state index in [4.69, 9.17) is 4.74 Å². The quantitative estimate of drug-likeness (QED) is 0.720. The van der Waals surface area contributed by atoms with Gasteiger partial charge >= 0.3 is 5.97 Å². The number of carbonyl (C=O) groups is 1. The SMILES string of the molecule is CCOC(=O)C(C)(O)C1CCCS(=O)(=O)C1. The number of hydrogen-bond donors (Lipinski definition) is 1. The molecule has 0 aliphatic carbocycles. The summed E-state index contributed by atoms with van der Waals surface area (Å²) < 4.78 is 27.6. The van der Waals surface area contributed by atoms with Gasteiger partial charge in [0.1, 0.15) is 0 Å². The van der Waals surface area contributed by atoms with Crippen LogP contribution in [0.15, 0.2) is 0 Å². The van der Waals surface area contributed by atoms with Gasteiger partial charge in [0.05, 0.1) is 18.1 Å². The molecule has 5 nitrogen and oxygen atoms in total. The fourth-order valence-corrected chi connectivity index (χ4v) is 3.79. The maximum absolute atomic E-state index is 11.5. The molecule has 0 aromatic carbocycles. The van der Waals surface area contributed by atoms with Gasteiger partial charge in [0.25, 0.3) is 0 Å². The molecule has 0 radical (unpaired) electrons. The zero-order valence-electron chi connectivity index (χ0n) is 9.60. The minimum absolute atomic E-state index is 0.140. The molecule has 0 aromatic rings. The van der Waals surface area contributed by atoms with Crippen molar-refractivity contribution in [2.24, 2.45) is 5.92 Å². The summed E-state index contributed by atoms with van der Waals surface area (Å²) in [6.07, 6.45) is 1.02. The van der Waals surface area contributed by atoms with Crippen molar-refractivity contribution in [2.75, 3.05) is 18.1 Å². The van der Waals surface area contributed by atoms with Crippen LogP contribution in [0.3, 0.4) is 0 Å². The van der Waals surface area contributed by atoms with Crippen molar-refractivity contribution in [2.45, 2.75) is 32.3 Å². The molecule has 6 heteroatoms. The van der Waals surface area contributed by atoms with Crippen LogP contribution in [-0.2, 0) is 19.4 Å². The third-order valence-electron chi connectivity index (χ3n) is 2.95. The molecule has 0 aromatic heterocycles. The lowest BCUT2D eigenvalue weighted by molar-refractivity contribution is -0.168. The van der Waals surface area contributed by atoms with Gasteiger partial charge in [0.2, 0.25) is 0 Å². The van der Waals surface area contributed by atoms with E-state index in [0.717, 1.165) is 0 Å². The van der Waals surface area contributed by atoms with Crippen LogP contribution in [0.4, 0.5) is 0 Å². The van der Waals surface area contributed by atoms with Gasteiger partial charge in [0, 0.05) is 5.92 Å². The van der Waals surface area contributed by atoms with E-state index in [0.29, 0.717) is 12.8 Å². The molecule has 1 heterocycles. The van der Waals surface area contributed by atoms with Crippen LogP contribution in [0.25, 0.3) is 0 Å². The Balaban J connectivity index is 2.79.